The van der Waals surface area contributed by atoms with Crippen LogP contribution in [0.5, 0.6) is 5.88 Å². The van der Waals surface area contributed by atoms with Crippen molar-refractivity contribution in [2.24, 2.45) is 5.73 Å². The fourth-order valence-electron chi connectivity index (χ4n) is 1.67. The van der Waals surface area contributed by atoms with E-state index in [-0.39, 0.29) is 6.04 Å². The second-order valence-corrected chi connectivity index (χ2v) is 4.48. The second-order valence-electron chi connectivity index (χ2n) is 4.48. The zero-order chi connectivity index (χ0) is 12.5. The highest BCUT2D eigenvalue weighted by Crippen LogP contribution is 2.15. The Morgan fingerprint density at radius 1 is 1.29 bits per heavy atom. The number of rotatable bonds is 8. The van der Waals surface area contributed by atoms with Crippen molar-refractivity contribution in [1.82, 2.24) is 4.98 Å². The fourth-order valence-corrected chi connectivity index (χ4v) is 1.67. The van der Waals surface area contributed by atoms with E-state index >= 15 is 0 Å². The Labute approximate surface area is 104 Å². The Balaban J connectivity index is 2.24. The molecule has 3 heteroatoms. The molecule has 0 aromatic carbocycles. The van der Waals surface area contributed by atoms with Gasteiger partial charge in [0, 0.05) is 18.3 Å². The molecule has 0 aliphatic heterocycles. The van der Waals surface area contributed by atoms with Crippen molar-refractivity contribution in [3.63, 3.8) is 0 Å². The highest BCUT2D eigenvalue weighted by Gasteiger charge is 2.02. The molecule has 3 nitrogen and oxygen atoms in total. The molecule has 0 aliphatic carbocycles. The number of aromatic nitrogens is 1. The van der Waals surface area contributed by atoms with Gasteiger partial charge in [-0.25, -0.2) is 4.98 Å². The van der Waals surface area contributed by atoms with Crippen molar-refractivity contribution in [3.8, 4) is 5.88 Å². The van der Waals surface area contributed by atoms with Gasteiger partial charge in [-0.05, 0) is 25.0 Å². The molecule has 0 aliphatic rings. The lowest BCUT2D eigenvalue weighted by atomic mass is 10.1. The number of hydrogen-bond acceptors (Lipinski definition) is 3. The number of unbranched alkanes of at least 4 members (excludes halogenated alkanes) is 4. The Hall–Kier alpha value is -1.09. The zero-order valence-corrected chi connectivity index (χ0v) is 11.0. The first kappa shape index (κ1) is 14.0. The summed E-state index contributed by atoms with van der Waals surface area (Å²) in [5, 5.41) is 0. The summed E-state index contributed by atoms with van der Waals surface area (Å²) >= 11 is 0. The third kappa shape index (κ3) is 5.68. The third-order valence-electron chi connectivity index (χ3n) is 2.78. The van der Waals surface area contributed by atoms with E-state index in [0.717, 1.165) is 18.6 Å². The maximum absolute atomic E-state index is 5.81. The van der Waals surface area contributed by atoms with E-state index in [4.69, 9.17) is 10.5 Å². The molecule has 96 valence electrons. The Morgan fingerprint density at radius 3 is 2.76 bits per heavy atom. The molecule has 17 heavy (non-hydrogen) atoms. The van der Waals surface area contributed by atoms with E-state index in [0.29, 0.717) is 5.88 Å². The van der Waals surface area contributed by atoms with Gasteiger partial charge in [0.2, 0.25) is 5.88 Å². The number of hydrogen-bond donors (Lipinski definition) is 1. The van der Waals surface area contributed by atoms with Crippen molar-refractivity contribution in [1.29, 1.82) is 0 Å². The van der Waals surface area contributed by atoms with Gasteiger partial charge < -0.3 is 10.5 Å². The molecule has 0 spiro atoms. The van der Waals surface area contributed by atoms with Crippen LogP contribution in [0.4, 0.5) is 0 Å². The van der Waals surface area contributed by atoms with Crippen molar-refractivity contribution in [3.05, 3.63) is 23.9 Å². The summed E-state index contributed by atoms with van der Waals surface area (Å²) in [5.74, 6) is 0.690. The van der Waals surface area contributed by atoms with Crippen LogP contribution in [-0.2, 0) is 0 Å². The molecule has 1 rings (SSSR count). The van der Waals surface area contributed by atoms with Crippen LogP contribution in [0.15, 0.2) is 18.3 Å². The number of nitrogens with zero attached hydrogens (tertiary/aromatic N) is 1. The SMILES string of the molecule is CCCCCCCOc1cc([C@H](C)N)ccn1. The lowest BCUT2D eigenvalue weighted by Crippen LogP contribution is -2.06. The van der Waals surface area contributed by atoms with Gasteiger partial charge in [-0.2, -0.15) is 0 Å². The summed E-state index contributed by atoms with van der Waals surface area (Å²) < 4.78 is 5.61. The molecular formula is C14H24N2O. The summed E-state index contributed by atoms with van der Waals surface area (Å²) in [4.78, 5) is 4.18. The van der Waals surface area contributed by atoms with Crippen molar-refractivity contribution in [2.45, 2.75) is 52.0 Å². The van der Waals surface area contributed by atoms with Crippen LogP contribution >= 0.6 is 0 Å². The molecular weight excluding hydrogens is 212 g/mol. The molecule has 2 N–H and O–H groups in total. The average molecular weight is 236 g/mol. The zero-order valence-electron chi connectivity index (χ0n) is 11.0. The predicted molar refractivity (Wildman–Crippen MR) is 71.1 cm³/mol. The highest BCUT2D eigenvalue weighted by atomic mass is 16.5. The van der Waals surface area contributed by atoms with Crippen LogP contribution in [-0.4, -0.2) is 11.6 Å². The topological polar surface area (TPSA) is 48.1 Å². The van der Waals surface area contributed by atoms with Gasteiger partial charge in [-0.3, -0.25) is 0 Å². The first-order valence-corrected chi connectivity index (χ1v) is 6.58. The highest BCUT2D eigenvalue weighted by molar-refractivity contribution is 5.22. The predicted octanol–water partition coefficient (Wildman–Crippen LogP) is 3.45. The number of ether oxygens (including phenoxy) is 1. The van der Waals surface area contributed by atoms with Crippen LogP contribution < -0.4 is 10.5 Å². The Morgan fingerprint density at radius 2 is 2.06 bits per heavy atom. The maximum atomic E-state index is 5.81. The average Bonchev–Trinajstić information content (AvgIpc) is 2.34. The molecule has 0 saturated carbocycles. The van der Waals surface area contributed by atoms with Crippen LogP contribution in [0.2, 0.25) is 0 Å². The van der Waals surface area contributed by atoms with E-state index in [1.54, 1.807) is 6.20 Å². The standard InChI is InChI=1S/C14H24N2O/c1-3-4-5-6-7-10-17-14-11-13(12(2)15)8-9-16-14/h8-9,11-12H,3-7,10,15H2,1-2H3/t12-/m0/s1. The van der Waals surface area contributed by atoms with Crippen LogP contribution in [0.1, 0.15) is 57.6 Å². The summed E-state index contributed by atoms with van der Waals surface area (Å²) in [5.41, 5.74) is 6.88. The third-order valence-corrected chi connectivity index (χ3v) is 2.78. The van der Waals surface area contributed by atoms with Gasteiger partial charge in [-0.1, -0.05) is 32.6 Å². The quantitative estimate of drug-likeness (QED) is 0.703. The van der Waals surface area contributed by atoms with Crippen LogP contribution in [0.25, 0.3) is 0 Å². The number of nitrogens with two attached hydrogens (primary N) is 1. The molecule has 0 bridgehead atoms. The lowest BCUT2D eigenvalue weighted by Gasteiger charge is -2.08. The molecule has 0 amide bonds. The minimum Gasteiger partial charge on any atom is -0.478 e. The van der Waals surface area contributed by atoms with E-state index in [1.165, 1.54) is 25.7 Å². The van der Waals surface area contributed by atoms with Crippen molar-refractivity contribution >= 4 is 0 Å². The molecule has 1 atom stereocenters. The summed E-state index contributed by atoms with van der Waals surface area (Å²) in [6, 6.07) is 3.89. The molecule has 1 heterocycles. The normalized spacial score (nSPS) is 12.4. The molecule has 1 aromatic heterocycles. The fraction of sp³-hybridized carbons (Fsp3) is 0.643. The van der Waals surface area contributed by atoms with E-state index in [2.05, 4.69) is 11.9 Å². The minimum absolute atomic E-state index is 0.0323. The van der Waals surface area contributed by atoms with Crippen LogP contribution in [0, 0.1) is 0 Å². The Kier molecular flexibility index (Phi) is 6.63. The van der Waals surface area contributed by atoms with Gasteiger partial charge in [0.1, 0.15) is 0 Å². The first-order valence-electron chi connectivity index (χ1n) is 6.58. The summed E-state index contributed by atoms with van der Waals surface area (Å²) in [6.45, 7) is 4.93. The van der Waals surface area contributed by atoms with Gasteiger partial charge in [0.15, 0.2) is 0 Å². The smallest absolute Gasteiger partial charge is 0.213 e. The summed E-state index contributed by atoms with van der Waals surface area (Å²) in [7, 11) is 0. The van der Waals surface area contributed by atoms with Crippen molar-refractivity contribution < 1.29 is 4.74 Å². The maximum Gasteiger partial charge on any atom is 0.213 e. The monoisotopic (exact) mass is 236 g/mol. The van der Waals surface area contributed by atoms with Crippen molar-refractivity contribution in [2.75, 3.05) is 6.61 Å². The first-order chi connectivity index (χ1) is 8.24. The lowest BCUT2D eigenvalue weighted by molar-refractivity contribution is 0.293. The van der Waals surface area contributed by atoms with Gasteiger partial charge >= 0.3 is 0 Å². The molecule has 0 saturated heterocycles. The molecule has 0 fully saturated rings. The molecule has 0 radical (unpaired) electrons. The number of pyridine rings is 1. The van der Waals surface area contributed by atoms with Crippen LogP contribution in [0.3, 0.4) is 0 Å². The largest absolute Gasteiger partial charge is 0.478 e. The van der Waals surface area contributed by atoms with E-state index in [1.807, 2.05) is 19.1 Å². The summed E-state index contributed by atoms with van der Waals surface area (Å²) in [6.07, 6.45) is 7.99. The minimum atomic E-state index is 0.0323. The molecule has 1 aromatic rings. The molecule has 0 unspecified atom stereocenters. The second kappa shape index (κ2) is 8.07. The van der Waals surface area contributed by atoms with E-state index in [9.17, 15) is 0 Å². The van der Waals surface area contributed by atoms with Gasteiger partial charge in [-0.15, -0.1) is 0 Å². The Bertz CT molecular complexity index is 313. The van der Waals surface area contributed by atoms with E-state index < -0.39 is 0 Å². The van der Waals surface area contributed by atoms with Gasteiger partial charge in [0.25, 0.3) is 0 Å². The van der Waals surface area contributed by atoms with Gasteiger partial charge in [0.05, 0.1) is 6.61 Å².